The zero-order valence-corrected chi connectivity index (χ0v) is 11.1. The lowest BCUT2D eigenvalue weighted by Crippen LogP contribution is -2.28. The summed E-state index contributed by atoms with van der Waals surface area (Å²) in [4.78, 5) is 0. The molecular weight excluding hydrogens is 242 g/mol. The van der Waals surface area contributed by atoms with E-state index in [-0.39, 0.29) is 6.04 Å². The molecule has 0 bridgehead atoms. The van der Waals surface area contributed by atoms with Crippen molar-refractivity contribution >= 4 is 23.4 Å². The zero-order valence-electron chi connectivity index (χ0n) is 9.53. The third kappa shape index (κ3) is 2.39. The highest BCUT2D eigenvalue weighted by atomic mass is 35.5. The minimum Gasteiger partial charge on any atom is -0.322 e. The summed E-state index contributed by atoms with van der Waals surface area (Å²) in [6, 6.07) is 0.0141. The van der Waals surface area contributed by atoms with Crippen molar-refractivity contribution in [3.05, 3.63) is 16.9 Å². The SMILES string of the molecule is CCn1ncc(Cl)c1C(N)C1CCCCS1. The van der Waals surface area contributed by atoms with Crippen LogP contribution in [0, 0.1) is 0 Å². The Labute approximate surface area is 106 Å². The second-order valence-electron chi connectivity index (χ2n) is 4.12. The largest absolute Gasteiger partial charge is 0.322 e. The molecule has 1 saturated heterocycles. The minimum atomic E-state index is 0.0141. The number of rotatable bonds is 3. The second kappa shape index (κ2) is 5.43. The average Bonchev–Trinajstić information content (AvgIpc) is 2.70. The van der Waals surface area contributed by atoms with Crippen LogP contribution in [-0.2, 0) is 6.54 Å². The van der Waals surface area contributed by atoms with E-state index in [1.807, 2.05) is 16.4 Å². The molecule has 1 aliphatic heterocycles. The van der Waals surface area contributed by atoms with Crippen LogP contribution in [0.5, 0.6) is 0 Å². The van der Waals surface area contributed by atoms with Crippen LogP contribution < -0.4 is 5.73 Å². The van der Waals surface area contributed by atoms with Crippen LogP contribution in [-0.4, -0.2) is 20.8 Å². The van der Waals surface area contributed by atoms with Crippen molar-refractivity contribution in [3.8, 4) is 0 Å². The van der Waals surface area contributed by atoms with E-state index in [2.05, 4.69) is 12.0 Å². The van der Waals surface area contributed by atoms with Crippen LogP contribution in [0.4, 0.5) is 0 Å². The van der Waals surface area contributed by atoms with Crippen LogP contribution in [0.15, 0.2) is 6.20 Å². The summed E-state index contributed by atoms with van der Waals surface area (Å²) in [5.74, 6) is 1.22. The number of aromatic nitrogens is 2. The molecular formula is C11H18ClN3S. The highest BCUT2D eigenvalue weighted by Crippen LogP contribution is 2.35. The summed E-state index contributed by atoms with van der Waals surface area (Å²) in [6.07, 6.45) is 5.49. The Morgan fingerprint density at radius 1 is 1.69 bits per heavy atom. The minimum absolute atomic E-state index is 0.0141. The van der Waals surface area contributed by atoms with Gasteiger partial charge in [-0.1, -0.05) is 18.0 Å². The smallest absolute Gasteiger partial charge is 0.0834 e. The lowest BCUT2D eigenvalue weighted by atomic mass is 10.1. The first-order chi connectivity index (χ1) is 7.74. The van der Waals surface area contributed by atoms with E-state index >= 15 is 0 Å². The van der Waals surface area contributed by atoms with E-state index in [0.29, 0.717) is 10.3 Å². The molecule has 2 unspecified atom stereocenters. The van der Waals surface area contributed by atoms with E-state index in [1.165, 1.54) is 25.0 Å². The first kappa shape index (κ1) is 12.3. The van der Waals surface area contributed by atoms with Crippen LogP contribution >= 0.6 is 23.4 Å². The highest BCUT2D eigenvalue weighted by molar-refractivity contribution is 8.00. The molecule has 2 atom stereocenters. The normalized spacial score (nSPS) is 23.3. The lowest BCUT2D eigenvalue weighted by molar-refractivity contribution is 0.525. The predicted molar refractivity (Wildman–Crippen MR) is 69.9 cm³/mol. The van der Waals surface area contributed by atoms with Gasteiger partial charge in [0.2, 0.25) is 0 Å². The number of hydrogen-bond donors (Lipinski definition) is 1. The van der Waals surface area contributed by atoms with Crippen LogP contribution in [0.1, 0.15) is 37.9 Å². The summed E-state index contributed by atoms with van der Waals surface area (Å²) < 4.78 is 1.92. The fourth-order valence-electron chi connectivity index (χ4n) is 2.18. The number of halogens is 1. The fourth-order valence-corrected chi connectivity index (χ4v) is 3.79. The molecule has 90 valence electrons. The molecule has 0 amide bonds. The Hall–Kier alpha value is -0.190. The van der Waals surface area contributed by atoms with Crippen LogP contribution in [0.2, 0.25) is 5.02 Å². The third-order valence-corrected chi connectivity index (χ3v) is 4.84. The lowest BCUT2D eigenvalue weighted by Gasteiger charge is -2.27. The van der Waals surface area contributed by atoms with Crippen molar-refractivity contribution in [1.82, 2.24) is 9.78 Å². The van der Waals surface area contributed by atoms with E-state index < -0.39 is 0 Å². The van der Waals surface area contributed by atoms with Crippen LogP contribution in [0.3, 0.4) is 0 Å². The maximum absolute atomic E-state index is 6.33. The van der Waals surface area contributed by atoms with Crippen molar-refractivity contribution in [1.29, 1.82) is 0 Å². The Morgan fingerprint density at radius 2 is 2.50 bits per heavy atom. The predicted octanol–water partition coefficient (Wildman–Crippen LogP) is 2.84. The van der Waals surface area contributed by atoms with Gasteiger partial charge in [0, 0.05) is 11.8 Å². The Bertz CT molecular complexity index is 347. The molecule has 0 spiro atoms. The van der Waals surface area contributed by atoms with Crippen molar-refractivity contribution in [2.45, 2.75) is 44.0 Å². The molecule has 2 N–H and O–H groups in total. The van der Waals surface area contributed by atoms with Crippen molar-refractivity contribution < 1.29 is 0 Å². The van der Waals surface area contributed by atoms with Gasteiger partial charge >= 0.3 is 0 Å². The van der Waals surface area contributed by atoms with E-state index in [0.717, 1.165) is 12.2 Å². The maximum atomic E-state index is 6.33. The number of nitrogens with two attached hydrogens (primary N) is 1. The van der Waals surface area contributed by atoms with Gasteiger partial charge in [-0.25, -0.2) is 0 Å². The molecule has 0 aromatic carbocycles. The van der Waals surface area contributed by atoms with Crippen molar-refractivity contribution in [2.24, 2.45) is 5.73 Å². The number of aryl methyl sites for hydroxylation is 1. The van der Waals surface area contributed by atoms with Gasteiger partial charge in [-0.15, -0.1) is 0 Å². The summed E-state index contributed by atoms with van der Waals surface area (Å²) in [5.41, 5.74) is 7.33. The van der Waals surface area contributed by atoms with Gasteiger partial charge in [0.1, 0.15) is 0 Å². The molecule has 0 saturated carbocycles. The second-order valence-corrected chi connectivity index (χ2v) is 5.88. The first-order valence-electron chi connectivity index (χ1n) is 5.82. The van der Waals surface area contributed by atoms with Gasteiger partial charge in [-0.2, -0.15) is 16.9 Å². The molecule has 1 aliphatic rings. The summed E-state index contributed by atoms with van der Waals surface area (Å²) in [7, 11) is 0. The van der Waals surface area contributed by atoms with Crippen molar-refractivity contribution in [2.75, 3.05) is 5.75 Å². The molecule has 0 radical (unpaired) electrons. The first-order valence-corrected chi connectivity index (χ1v) is 7.25. The molecule has 1 aromatic heterocycles. The molecule has 0 aliphatic carbocycles. The van der Waals surface area contributed by atoms with E-state index in [4.69, 9.17) is 17.3 Å². The molecule has 1 aromatic rings. The Balaban J connectivity index is 2.18. The van der Waals surface area contributed by atoms with E-state index in [1.54, 1.807) is 6.20 Å². The van der Waals surface area contributed by atoms with Gasteiger partial charge in [0.05, 0.1) is 23.0 Å². The van der Waals surface area contributed by atoms with Gasteiger partial charge in [0.25, 0.3) is 0 Å². The standard InChI is InChI=1S/C11H18ClN3S/c1-2-15-11(8(12)7-14-15)10(13)9-5-3-4-6-16-9/h7,9-10H,2-6,13H2,1H3. The summed E-state index contributed by atoms with van der Waals surface area (Å²) in [6.45, 7) is 2.89. The van der Waals surface area contributed by atoms with E-state index in [9.17, 15) is 0 Å². The average molecular weight is 260 g/mol. The summed E-state index contributed by atoms with van der Waals surface area (Å²) in [5, 5.41) is 5.45. The molecule has 1 fully saturated rings. The fraction of sp³-hybridized carbons (Fsp3) is 0.727. The molecule has 2 rings (SSSR count). The molecule has 16 heavy (non-hydrogen) atoms. The zero-order chi connectivity index (χ0) is 11.5. The van der Waals surface area contributed by atoms with Crippen LogP contribution in [0.25, 0.3) is 0 Å². The third-order valence-electron chi connectivity index (χ3n) is 3.06. The Morgan fingerprint density at radius 3 is 3.12 bits per heavy atom. The van der Waals surface area contributed by atoms with Gasteiger partial charge < -0.3 is 5.73 Å². The molecule has 5 heteroatoms. The van der Waals surface area contributed by atoms with Gasteiger partial charge in [0.15, 0.2) is 0 Å². The number of hydrogen-bond acceptors (Lipinski definition) is 3. The van der Waals surface area contributed by atoms with Crippen molar-refractivity contribution in [3.63, 3.8) is 0 Å². The number of nitrogens with zero attached hydrogens (tertiary/aromatic N) is 2. The quantitative estimate of drug-likeness (QED) is 0.908. The monoisotopic (exact) mass is 259 g/mol. The summed E-state index contributed by atoms with van der Waals surface area (Å²) >= 11 is 8.14. The van der Waals surface area contributed by atoms with Gasteiger partial charge in [-0.3, -0.25) is 4.68 Å². The van der Waals surface area contributed by atoms with Gasteiger partial charge in [-0.05, 0) is 25.5 Å². The number of thioether (sulfide) groups is 1. The molecule has 3 nitrogen and oxygen atoms in total. The highest BCUT2D eigenvalue weighted by Gasteiger charge is 2.26. The Kier molecular flexibility index (Phi) is 4.16. The topological polar surface area (TPSA) is 43.8 Å². The maximum Gasteiger partial charge on any atom is 0.0834 e. The molecule has 2 heterocycles.